The molecule has 0 aromatic heterocycles. The van der Waals surface area contributed by atoms with E-state index in [-0.39, 0.29) is 6.10 Å². The summed E-state index contributed by atoms with van der Waals surface area (Å²) in [7, 11) is 0. The Hall–Kier alpha value is -0.0400. The maximum Gasteiger partial charge on any atom is 0.0571 e. The molecule has 64 valence electrons. The lowest BCUT2D eigenvalue weighted by Crippen LogP contribution is -2.21. The van der Waals surface area contributed by atoms with Crippen LogP contribution in [0.15, 0.2) is 0 Å². The molecule has 2 aliphatic carbocycles. The Balaban J connectivity index is 2.03. The third kappa shape index (κ3) is 1.44. The van der Waals surface area contributed by atoms with Gasteiger partial charge in [-0.25, -0.2) is 0 Å². The third-order valence-electron chi connectivity index (χ3n) is 3.54. The second kappa shape index (κ2) is 3.14. The van der Waals surface area contributed by atoms with E-state index in [9.17, 15) is 5.11 Å². The summed E-state index contributed by atoms with van der Waals surface area (Å²) in [5.74, 6) is 1.56. The molecular weight excluding hydrogens is 136 g/mol. The van der Waals surface area contributed by atoms with Gasteiger partial charge in [0.2, 0.25) is 0 Å². The molecule has 11 heavy (non-hydrogen) atoms. The minimum Gasteiger partial charge on any atom is -0.393 e. The van der Waals surface area contributed by atoms with Gasteiger partial charge in [-0.1, -0.05) is 32.1 Å². The number of hydrogen-bond acceptors (Lipinski definition) is 1. The van der Waals surface area contributed by atoms with Crippen LogP contribution in [0.4, 0.5) is 0 Å². The molecule has 0 spiro atoms. The second-order valence-corrected chi connectivity index (χ2v) is 4.21. The van der Waals surface area contributed by atoms with Crippen LogP contribution in [0.5, 0.6) is 0 Å². The zero-order chi connectivity index (χ0) is 7.68. The summed E-state index contributed by atoms with van der Waals surface area (Å²) in [5.41, 5.74) is 0. The van der Waals surface area contributed by atoms with Crippen LogP contribution in [0.3, 0.4) is 0 Å². The van der Waals surface area contributed by atoms with Gasteiger partial charge in [0, 0.05) is 0 Å². The number of hydrogen-bond donors (Lipinski definition) is 1. The molecule has 0 aliphatic heterocycles. The van der Waals surface area contributed by atoms with Crippen LogP contribution in [-0.2, 0) is 0 Å². The van der Waals surface area contributed by atoms with E-state index in [0.29, 0.717) is 5.92 Å². The molecule has 2 aliphatic rings. The van der Waals surface area contributed by atoms with E-state index in [1.165, 1.54) is 38.5 Å². The fraction of sp³-hybridized carbons (Fsp3) is 1.00. The summed E-state index contributed by atoms with van der Waals surface area (Å²) in [4.78, 5) is 0. The van der Waals surface area contributed by atoms with E-state index in [2.05, 4.69) is 0 Å². The van der Waals surface area contributed by atoms with Crippen molar-refractivity contribution in [3.63, 3.8) is 0 Å². The summed E-state index contributed by atoms with van der Waals surface area (Å²) in [6.45, 7) is 0. The van der Waals surface area contributed by atoms with Gasteiger partial charge in [-0.2, -0.15) is 0 Å². The van der Waals surface area contributed by atoms with Gasteiger partial charge in [-0.05, 0) is 24.7 Å². The molecule has 2 saturated carbocycles. The summed E-state index contributed by atoms with van der Waals surface area (Å²) in [5, 5.41) is 9.76. The van der Waals surface area contributed by atoms with E-state index in [1.807, 2.05) is 0 Å². The largest absolute Gasteiger partial charge is 0.393 e. The van der Waals surface area contributed by atoms with Crippen molar-refractivity contribution in [2.24, 2.45) is 11.8 Å². The Labute approximate surface area is 68.8 Å². The maximum atomic E-state index is 9.76. The number of fused-ring (bicyclic) bond motifs is 1. The standard InChI is InChI=1S/C10H18O/c11-10-7-2-1-4-8-5-3-6-9(8)10/h8-11H,1-7H2/t8-,9-,10?/m0/s1. The average Bonchev–Trinajstić information content (AvgIpc) is 2.40. The second-order valence-electron chi connectivity index (χ2n) is 4.21. The van der Waals surface area contributed by atoms with Crippen molar-refractivity contribution in [1.29, 1.82) is 0 Å². The van der Waals surface area contributed by atoms with Gasteiger partial charge in [-0.15, -0.1) is 0 Å². The van der Waals surface area contributed by atoms with E-state index < -0.39 is 0 Å². The molecule has 0 heterocycles. The van der Waals surface area contributed by atoms with Crippen molar-refractivity contribution in [2.75, 3.05) is 0 Å². The molecule has 1 unspecified atom stereocenters. The fourth-order valence-corrected chi connectivity index (χ4v) is 2.90. The molecule has 1 heteroatoms. The average molecular weight is 154 g/mol. The Morgan fingerprint density at radius 3 is 2.45 bits per heavy atom. The molecule has 3 atom stereocenters. The van der Waals surface area contributed by atoms with Crippen LogP contribution in [0.25, 0.3) is 0 Å². The van der Waals surface area contributed by atoms with Crippen LogP contribution in [0.2, 0.25) is 0 Å². The Morgan fingerprint density at radius 2 is 1.55 bits per heavy atom. The highest BCUT2D eigenvalue weighted by Crippen LogP contribution is 2.40. The van der Waals surface area contributed by atoms with Crippen molar-refractivity contribution in [3.05, 3.63) is 0 Å². The van der Waals surface area contributed by atoms with Crippen LogP contribution >= 0.6 is 0 Å². The minimum absolute atomic E-state index is 0.0463. The normalized spacial score (nSPS) is 45.0. The number of aliphatic hydroxyl groups is 1. The van der Waals surface area contributed by atoms with Crippen LogP contribution in [0, 0.1) is 11.8 Å². The molecule has 0 saturated heterocycles. The first-order valence-corrected chi connectivity index (χ1v) is 5.06. The smallest absolute Gasteiger partial charge is 0.0571 e. The topological polar surface area (TPSA) is 20.2 Å². The minimum atomic E-state index is 0.0463. The van der Waals surface area contributed by atoms with Crippen molar-refractivity contribution in [2.45, 2.75) is 51.0 Å². The van der Waals surface area contributed by atoms with Crippen molar-refractivity contribution in [1.82, 2.24) is 0 Å². The monoisotopic (exact) mass is 154 g/mol. The fourth-order valence-electron chi connectivity index (χ4n) is 2.90. The first-order valence-electron chi connectivity index (χ1n) is 5.06. The predicted molar refractivity (Wildman–Crippen MR) is 45.3 cm³/mol. The van der Waals surface area contributed by atoms with Crippen LogP contribution in [0.1, 0.15) is 44.9 Å². The SMILES string of the molecule is OC1CCCC[C@H]2CCC[C@H]12. The van der Waals surface area contributed by atoms with E-state index >= 15 is 0 Å². The molecule has 0 aromatic rings. The first-order chi connectivity index (χ1) is 5.38. The predicted octanol–water partition coefficient (Wildman–Crippen LogP) is 2.34. The molecular formula is C10H18O. The summed E-state index contributed by atoms with van der Waals surface area (Å²) in [6, 6.07) is 0. The Kier molecular flexibility index (Phi) is 2.17. The van der Waals surface area contributed by atoms with Gasteiger partial charge in [-0.3, -0.25) is 0 Å². The molecule has 0 radical (unpaired) electrons. The Bertz CT molecular complexity index is 133. The zero-order valence-corrected chi connectivity index (χ0v) is 7.13. The highest BCUT2D eigenvalue weighted by Gasteiger charge is 2.33. The Morgan fingerprint density at radius 1 is 0.818 bits per heavy atom. The lowest BCUT2D eigenvalue weighted by atomic mass is 9.90. The molecule has 0 aromatic carbocycles. The van der Waals surface area contributed by atoms with Gasteiger partial charge < -0.3 is 5.11 Å². The number of rotatable bonds is 0. The summed E-state index contributed by atoms with van der Waals surface area (Å²) >= 11 is 0. The van der Waals surface area contributed by atoms with Gasteiger partial charge in [0.15, 0.2) is 0 Å². The van der Waals surface area contributed by atoms with Crippen molar-refractivity contribution in [3.8, 4) is 0 Å². The maximum absolute atomic E-state index is 9.76. The molecule has 1 N–H and O–H groups in total. The van der Waals surface area contributed by atoms with E-state index in [4.69, 9.17) is 0 Å². The lowest BCUT2D eigenvalue weighted by Gasteiger charge is -2.20. The zero-order valence-electron chi connectivity index (χ0n) is 7.13. The first kappa shape index (κ1) is 7.60. The quantitative estimate of drug-likeness (QED) is 0.568. The molecule has 0 amide bonds. The van der Waals surface area contributed by atoms with Crippen LogP contribution in [-0.4, -0.2) is 11.2 Å². The summed E-state index contributed by atoms with van der Waals surface area (Å²) in [6.07, 6.45) is 9.18. The van der Waals surface area contributed by atoms with Crippen LogP contribution < -0.4 is 0 Å². The van der Waals surface area contributed by atoms with Crippen molar-refractivity contribution >= 4 is 0 Å². The molecule has 2 fully saturated rings. The molecule has 0 bridgehead atoms. The number of aliphatic hydroxyl groups excluding tert-OH is 1. The lowest BCUT2D eigenvalue weighted by molar-refractivity contribution is 0.0865. The van der Waals surface area contributed by atoms with Gasteiger partial charge >= 0.3 is 0 Å². The highest BCUT2D eigenvalue weighted by atomic mass is 16.3. The van der Waals surface area contributed by atoms with Gasteiger partial charge in [0.05, 0.1) is 6.10 Å². The highest BCUT2D eigenvalue weighted by molar-refractivity contribution is 4.84. The van der Waals surface area contributed by atoms with Crippen molar-refractivity contribution < 1.29 is 5.11 Å². The third-order valence-corrected chi connectivity index (χ3v) is 3.54. The van der Waals surface area contributed by atoms with Gasteiger partial charge in [0.1, 0.15) is 0 Å². The molecule has 2 rings (SSSR count). The molecule has 1 nitrogen and oxygen atoms in total. The van der Waals surface area contributed by atoms with Gasteiger partial charge in [0.25, 0.3) is 0 Å². The summed E-state index contributed by atoms with van der Waals surface area (Å²) < 4.78 is 0. The van der Waals surface area contributed by atoms with E-state index in [0.717, 1.165) is 12.3 Å². The van der Waals surface area contributed by atoms with E-state index in [1.54, 1.807) is 0 Å².